The van der Waals surface area contributed by atoms with E-state index in [0.717, 1.165) is 25.2 Å². The number of ether oxygens (including phenoxy) is 1. The summed E-state index contributed by atoms with van der Waals surface area (Å²) in [5.74, 6) is -0.578. The number of rotatable bonds is 8. The Morgan fingerprint density at radius 3 is 2.48 bits per heavy atom. The summed E-state index contributed by atoms with van der Waals surface area (Å²) < 4.78 is 19.4. The molecule has 2 aromatic rings. The van der Waals surface area contributed by atoms with Crippen molar-refractivity contribution in [1.29, 1.82) is 0 Å². The molecule has 0 saturated carbocycles. The molecule has 27 heavy (non-hydrogen) atoms. The van der Waals surface area contributed by atoms with Gasteiger partial charge in [0.25, 0.3) is 5.91 Å². The number of nitrogens with zero attached hydrogens (tertiary/aromatic N) is 1. The summed E-state index contributed by atoms with van der Waals surface area (Å²) >= 11 is 0. The zero-order chi connectivity index (χ0) is 19.1. The summed E-state index contributed by atoms with van der Waals surface area (Å²) in [6, 6.07) is 14.3. The van der Waals surface area contributed by atoms with Crippen molar-refractivity contribution in [2.45, 2.75) is 45.4 Å². The first-order valence-electron chi connectivity index (χ1n) is 9.65. The van der Waals surface area contributed by atoms with Crippen molar-refractivity contribution >= 4 is 5.91 Å². The smallest absolute Gasteiger partial charge is 0.261 e. The standard InChI is InChI=1S/C22H27FN2O2/c1-2-20(27-21-12-6-5-11-19(21)23)22(26)24-15-17-9-3-4-10-18(17)16-25-13-7-8-14-25/h3-6,9-12,20H,2,7-8,13-16H2,1H3,(H,24,26). The van der Waals surface area contributed by atoms with E-state index in [1.165, 1.54) is 30.5 Å². The Hall–Kier alpha value is -2.40. The van der Waals surface area contributed by atoms with Crippen LogP contribution in [-0.2, 0) is 17.9 Å². The molecule has 0 bridgehead atoms. The van der Waals surface area contributed by atoms with Crippen LogP contribution in [0.4, 0.5) is 4.39 Å². The highest BCUT2D eigenvalue weighted by Crippen LogP contribution is 2.19. The first-order chi connectivity index (χ1) is 13.2. The fourth-order valence-corrected chi connectivity index (χ4v) is 3.38. The van der Waals surface area contributed by atoms with Crippen molar-refractivity contribution in [3.63, 3.8) is 0 Å². The van der Waals surface area contributed by atoms with E-state index in [1.807, 2.05) is 25.1 Å². The third-order valence-corrected chi connectivity index (χ3v) is 4.93. The maximum atomic E-state index is 13.8. The maximum absolute atomic E-state index is 13.8. The Bertz CT molecular complexity index is 759. The number of carbonyl (C=O) groups is 1. The molecule has 4 nitrogen and oxygen atoms in total. The molecule has 1 aliphatic heterocycles. The van der Waals surface area contributed by atoms with E-state index >= 15 is 0 Å². The molecule has 1 aliphatic rings. The van der Waals surface area contributed by atoms with Crippen LogP contribution in [0.25, 0.3) is 0 Å². The third kappa shape index (κ3) is 5.30. The lowest BCUT2D eigenvalue weighted by atomic mass is 10.1. The summed E-state index contributed by atoms with van der Waals surface area (Å²) in [7, 11) is 0. The van der Waals surface area contributed by atoms with Gasteiger partial charge in [0.05, 0.1) is 0 Å². The minimum Gasteiger partial charge on any atom is -0.478 e. The van der Waals surface area contributed by atoms with Gasteiger partial charge in [-0.05, 0) is 55.6 Å². The number of carbonyl (C=O) groups excluding carboxylic acids is 1. The van der Waals surface area contributed by atoms with Gasteiger partial charge in [0.2, 0.25) is 0 Å². The Morgan fingerprint density at radius 2 is 1.78 bits per heavy atom. The van der Waals surface area contributed by atoms with E-state index in [9.17, 15) is 9.18 Å². The number of likely N-dealkylation sites (tertiary alicyclic amines) is 1. The molecule has 0 aliphatic carbocycles. The van der Waals surface area contributed by atoms with Gasteiger partial charge in [0.1, 0.15) is 0 Å². The highest BCUT2D eigenvalue weighted by atomic mass is 19.1. The summed E-state index contributed by atoms with van der Waals surface area (Å²) in [5, 5.41) is 2.95. The number of halogens is 1. The van der Waals surface area contributed by atoms with E-state index in [0.29, 0.717) is 13.0 Å². The number of hydrogen-bond donors (Lipinski definition) is 1. The third-order valence-electron chi connectivity index (χ3n) is 4.93. The minimum absolute atomic E-state index is 0.105. The average molecular weight is 370 g/mol. The second-order valence-electron chi connectivity index (χ2n) is 6.91. The molecule has 0 radical (unpaired) electrons. The average Bonchev–Trinajstić information content (AvgIpc) is 3.19. The zero-order valence-corrected chi connectivity index (χ0v) is 15.8. The van der Waals surface area contributed by atoms with E-state index in [1.54, 1.807) is 12.1 Å². The van der Waals surface area contributed by atoms with Gasteiger partial charge in [-0.3, -0.25) is 9.69 Å². The van der Waals surface area contributed by atoms with Gasteiger partial charge in [-0.25, -0.2) is 4.39 Å². The molecule has 1 amide bonds. The van der Waals surface area contributed by atoms with Crippen LogP contribution < -0.4 is 10.1 Å². The van der Waals surface area contributed by atoms with Gasteiger partial charge in [-0.15, -0.1) is 0 Å². The van der Waals surface area contributed by atoms with E-state index in [-0.39, 0.29) is 11.7 Å². The molecule has 1 saturated heterocycles. The van der Waals surface area contributed by atoms with Crippen molar-refractivity contribution < 1.29 is 13.9 Å². The van der Waals surface area contributed by atoms with Crippen LogP contribution >= 0.6 is 0 Å². The highest BCUT2D eigenvalue weighted by Gasteiger charge is 2.20. The lowest BCUT2D eigenvalue weighted by molar-refractivity contribution is -0.128. The number of amides is 1. The van der Waals surface area contributed by atoms with Crippen molar-refractivity contribution in [2.75, 3.05) is 13.1 Å². The predicted molar refractivity (Wildman–Crippen MR) is 104 cm³/mol. The molecule has 0 spiro atoms. The Kier molecular flexibility index (Phi) is 6.82. The van der Waals surface area contributed by atoms with Gasteiger partial charge < -0.3 is 10.1 Å². The fraction of sp³-hybridized carbons (Fsp3) is 0.409. The van der Waals surface area contributed by atoms with Crippen LogP contribution in [0.5, 0.6) is 5.75 Å². The van der Waals surface area contributed by atoms with Crippen LogP contribution in [0.1, 0.15) is 37.3 Å². The van der Waals surface area contributed by atoms with Gasteiger partial charge in [-0.2, -0.15) is 0 Å². The zero-order valence-electron chi connectivity index (χ0n) is 15.8. The Labute approximate surface area is 160 Å². The normalized spacial score (nSPS) is 15.5. The number of benzene rings is 2. The fourth-order valence-electron chi connectivity index (χ4n) is 3.38. The summed E-state index contributed by atoms with van der Waals surface area (Å²) in [6.07, 6.45) is 2.26. The molecule has 3 rings (SSSR count). The van der Waals surface area contributed by atoms with Gasteiger partial charge >= 0.3 is 0 Å². The second kappa shape index (κ2) is 9.51. The molecule has 2 aromatic carbocycles. The van der Waals surface area contributed by atoms with Crippen molar-refractivity contribution in [2.24, 2.45) is 0 Å². The molecule has 1 fully saturated rings. The van der Waals surface area contributed by atoms with Gasteiger partial charge in [0.15, 0.2) is 17.7 Å². The minimum atomic E-state index is -0.715. The molecule has 1 unspecified atom stereocenters. The SMILES string of the molecule is CCC(Oc1ccccc1F)C(=O)NCc1ccccc1CN1CCCC1. The van der Waals surface area contributed by atoms with E-state index < -0.39 is 11.9 Å². The maximum Gasteiger partial charge on any atom is 0.261 e. The first kappa shape index (κ1) is 19.4. The van der Waals surface area contributed by atoms with Crippen molar-refractivity contribution in [3.8, 4) is 5.75 Å². The predicted octanol–water partition coefficient (Wildman–Crippen LogP) is 3.90. The van der Waals surface area contributed by atoms with Crippen molar-refractivity contribution in [1.82, 2.24) is 10.2 Å². The highest BCUT2D eigenvalue weighted by molar-refractivity contribution is 5.81. The lowest BCUT2D eigenvalue weighted by Gasteiger charge is -2.20. The molecule has 144 valence electrons. The molecule has 1 atom stereocenters. The number of para-hydroxylation sites is 1. The molecule has 5 heteroatoms. The summed E-state index contributed by atoms with van der Waals surface area (Å²) in [4.78, 5) is 15.0. The van der Waals surface area contributed by atoms with Crippen LogP contribution in [0.2, 0.25) is 0 Å². The Morgan fingerprint density at radius 1 is 1.11 bits per heavy atom. The van der Waals surface area contributed by atoms with Gasteiger partial charge in [-0.1, -0.05) is 43.3 Å². The van der Waals surface area contributed by atoms with E-state index in [4.69, 9.17) is 4.74 Å². The van der Waals surface area contributed by atoms with Crippen LogP contribution in [-0.4, -0.2) is 30.0 Å². The quantitative estimate of drug-likeness (QED) is 0.766. The van der Waals surface area contributed by atoms with Crippen LogP contribution in [0.15, 0.2) is 48.5 Å². The van der Waals surface area contributed by atoms with Gasteiger partial charge in [0, 0.05) is 13.1 Å². The van der Waals surface area contributed by atoms with Crippen molar-refractivity contribution in [3.05, 3.63) is 65.5 Å². The molecule has 1 N–H and O–H groups in total. The van der Waals surface area contributed by atoms with E-state index in [2.05, 4.69) is 16.3 Å². The Balaban J connectivity index is 1.60. The number of hydrogen-bond acceptors (Lipinski definition) is 3. The largest absolute Gasteiger partial charge is 0.478 e. The first-order valence-corrected chi connectivity index (χ1v) is 9.65. The molecule has 1 heterocycles. The molecular weight excluding hydrogens is 343 g/mol. The molecule has 0 aromatic heterocycles. The topological polar surface area (TPSA) is 41.6 Å². The second-order valence-corrected chi connectivity index (χ2v) is 6.91. The molecular formula is C22H27FN2O2. The summed E-state index contributed by atoms with van der Waals surface area (Å²) in [5.41, 5.74) is 2.35. The summed E-state index contributed by atoms with van der Waals surface area (Å²) in [6.45, 7) is 5.48. The number of nitrogens with one attached hydrogen (secondary N) is 1. The van der Waals surface area contributed by atoms with Crippen LogP contribution in [0.3, 0.4) is 0 Å². The van der Waals surface area contributed by atoms with Crippen LogP contribution in [0, 0.1) is 5.82 Å². The monoisotopic (exact) mass is 370 g/mol. The lowest BCUT2D eigenvalue weighted by Crippen LogP contribution is -2.38.